The molecule has 0 aromatic heterocycles. The van der Waals surface area contributed by atoms with Crippen molar-refractivity contribution in [2.24, 2.45) is 11.8 Å². The summed E-state index contributed by atoms with van der Waals surface area (Å²) in [5.74, 6) is -1.68. The molecule has 180 valence electrons. The Balaban J connectivity index is 1.49. The summed E-state index contributed by atoms with van der Waals surface area (Å²) in [6.07, 6.45) is -4.61. The number of hydrogen-bond acceptors (Lipinski definition) is 11. The number of fused-ring (bicyclic) bond motifs is 1. The Hall–Kier alpha value is -2.51. The van der Waals surface area contributed by atoms with Crippen molar-refractivity contribution >= 4 is 5.97 Å². The van der Waals surface area contributed by atoms with E-state index in [1.54, 1.807) is 12.2 Å². The van der Waals surface area contributed by atoms with Crippen LogP contribution in [0.15, 0.2) is 48.3 Å². The van der Waals surface area contributed by atoms with Crippen molar-refractivity contribution in [3.63, 3.8) is 0 Å². The summed E-state index contributed by atoms with van der Waals surface area (Å²) >= 11 is 0. The number of aliphatic hydroxyl groups is 5. The number of phenolic OH excluding ortho intramolecular Hbond substituents is 1. The van der Waals surface area contributed by atoms with E-state index in [0.717, 1.165) is 0 Å². The summed E-state index contributed by atoms with van der Waals surface area (Å²) in [5, 5.41) is 58.8. The topological polar surface area (TPSA) is 175 Å². The molecule has 11 heteroatoms. The van der Waals surface area contributed by atoms with Crippen molar-refractivity contribution in [1.29, 1.82) is 0 Å². The molecule has 0 bridgehead atoms. The van der Waals surface area contributed by atoms with Crippen molar-refractivity contribution in [3.8, 4) is 5.75 Å². The minimum atomic E-state index is -1.62. The Labute approximate surface area is 188 Å². The molecule has 2 aliphatic heterocycles. The van der Waals surface area contributed by atoms with Gasteiger partial charge >= 0.3 is 5.97 Å². The lowest BCUT2D eigenvalue weighted by Gasteiger charge is -2.42. The van der Waals surface area contributed by atoms with Gasteiger partial charge in [0, 0.05) is 5.92 Å². The van der Waals surface area contributed by atoms with Crippen LogP contribution in [0.5, 0.6) is 5.75 Å². The maximum absolute atomic E-state index is 12.5. The quantitative estimate of drug-likeness (QED) is 0.219. The van der Waals surface area contributed by atoms with Gasteiger partial charge in [-0.3, -0.25) is 0 Å². The molecule has 1 aromatic carbocycles. The van der Waals surface area contributed by atoms with E-state index in [0.29, 0.717) is 5.57 Å². The smallest absolute Gasteiger partial charge is 0.338 e. The van der Waals surface area contributed by atoms with Gasteiger partial charge in [-0.05, 0) is 42.0 Å². The van der Waals surface area contributed by atoms with Gasteiger partial charge in [0.25, 0.3) is 0 Å². The summed E-state index contributed by atoms with van der Waals surface area (Å²) in [7, 11) is 0. The summed E-state index contributed by atoms with van der Waals surface area (Å²) in [4.78, 5) is 12.5. The zero-order chi connectivity index (χ0) is 23.7. The monoisotopic (exact) mass is 466 g/mol. The van der Waals surface area contributed by atoms with Crippen LogP contribution in [0.1, 0.15) is 10.4 Å². The first-order valence-electron chi connectivity index (χ1n) is 10.4. The van der Waals surface area contributed by atoms with E-state index < -0.39 is 67.5 Å². The lowest BCUT2D eigenvalue weighted by molar-refractivity contribution is -0.339. The van der Waals surface area contributed by atoms with Crippen molar-refractivity contribution in [2.75, 3.05) is 13.2 Å². The second kappa shape index (κ2) is 9.77. The number of carbonyl (C=O) groups excluding carboxylic acids is 1. The Morgan fingerprint density at radius 3 is 2.39 bits per heavy atom. The number of phenols is 1. The van der Waals surface area contributed by atoms with Crippen molar-refractivity contribution in [1.82, 2.24) is 0 Å². The number of benzene rings is 1. The predicted octanol–water partition coefficient (Wildman–Crippen LogP) is -1.23. The van der Waals surface area contributed by atoms with Gasteiger partial charge in [-0.2, -0.15) is 0 Å². The fourth-order valence-corrected chi connectivity index (χ4v) is 4.26. The normalized spacial score (nSPS) is 37.7. The second-order valence-electron chi connectivity index (χ2n) is 8.09. The van der Waals surface area contributed by atoms with Crippen LogP contribution in [0.4, 0.5) is 0 Å². The average Bonchev–Trinajstić information content (AvgIpc) is 3.18. The van der Waals surface area contributed by atoms with Gasteiger partial charge in [-0.15, -0.1) is 0 Å². The Kier molecular flexibility index (Phi) is 7.00. The molecule has 1 fully saturated rings. The number of esters is 1. The third kappa shape index (κ3) is 4.62. The maximum Gasteiger partial charge on any atom is 0.338 e. The molecule has 0 spiro atoms. The van der Waals surface area contributed by atoms with Crippen LogP contribution in [-0.4, -0.2) is 92.9 Å². The fourth-order valence-electron chi connectivity index (χ4n) is 4.26. The van der Waals surface area contributed by atoms with E-state index in [1.165, 1.54) is 30.5 Å². The number of aromatic hydroxyl groups is 1. The van der Waals surface area contributed by atoms with E-state index in [4.69, 9.17) is 18.9 Å². The van der Waals surface area contributed by atoms with Gasteiger partial charge in [0.1, 0.15) is 36.3 Å². The van der Waals surface area contributed by atoms with Crippen LogP contribution >= 0.6 is 0 Å². The molecule has 0 unspecified atom stereocenters. The maximum atomic E-state index is 12.5. The number of aliphatic hydroxyl groups excluding tert-OH is 5. The highest BCUT2D eigenvalue weighted by Crippen LogP contribution is 2.42. The summed E-state index contributed by atoms with van der Waals surface area (Å²) in [6, 6.07) is 5.57. The predicted molar refractivity (Wildman–Crippen MR) is 108 cm³/mol. The Morgan fingerprint density at radius 2 is 1.73 bits per heavy atom. The molecule has 1 aliphatic carbocycles. The molecule has 0 radical (unpaired) electrons. The molecule has 0 saturated carbocycles. The van der Waals surface area contributed by atoms with Gasteiger partial charge in [0.05, 0.1) is 31.0 Å². The van der Waals surface area contributed by atoms with Crippen molar-refractivity contribution in [2.45, 2.75) is 43.1 Å². The zero-order valence-corrected chi connectivity index (χ0v) is 17.4. The highest BCUT2D eigenvalue weighted by atomic mass is 16.8. The fraction of sp³-hybridized carbons (Fsp3) is 0.500. The molecule has 4 rings (SSSR count). The van der Waals surface area contributed by atoms with Gasteiger partial charge < -0.3 is 49.6 Å². The Morgan fingerprint density at radius 1 is 1.00 bits per heavy atom. The third-order valence-corrected chi connectivity index (χ3v) is 6.05. The standard InChI is InChI=1S/C22H26O11/c23-8-11-7-14(31-20(29)10-1-3-12(25)4-2-10)13-5-6-30-21(16(11)13)33-22-19(28)18(27)17(26)15(9-24)32-22/h1-7,13-19,21-28H,8-9H2/t13-,14-,15+,16-,17-,18-,19-,21-,22+/m1/s1. The van der Waals surface area contributed by atoms with Gasteiger partial charge in [0.2, 0.25) is 6.29 Å². The van der Waals surface area contributed by atoms with E-state index >= 15 is 0 Å². The largest absolute Gasteiger partial charge is 0.508 e. The first kappa shape index (κ1) is 23.6. The molecule has 0 amide bonds. The molecule has 3 aliphatic rings. The van der Waals surface area contributed by atoms with Gasteiger partial charge in [0.15, 0.2) is 6.29 Å². The number of hydrogen-bond donors (Lipinski definition) is 6. The summed E-state index contributed by atoms with van der Waals surface area (Å²) in [6.45, 7) is -0.987. The minimum absolute atomic E-state index is 0.00971. The minimum Gasteiger partial charge on any atom is -0.508 e. The summed E-state index contributed by atoms with van der Waals surface area (Å²) in [5.41, 5.74) is 0.711. The molecular formula is C22H26O11. The first-order valence-corrected chi connectivity index (χ1v) is 10.4. The Bertz CT molecular complexity index is 896. The number of carbonyl (C=O) groups is 1. The lowest BCUT2D eigenvalue weighted by atomic mass is 9.88. The average molecular weight is 466 g/mol. The zero-order valence-electron chi connectivity index (χ0n) is 17.4. The van der Waals surface area contributed by atoms with E-state index in [9.17, 15) is 35.4 Å². The van der Waals surface area contributed by atoms with Crippen molar-refractivity contribution in [3.05, 3.63) is 53.8 Å². The lowest BCUT2D eigenvalue weighted by Crippen LogP contribution is -2.60. The SMILES string of the molecule is O=C(O[C@@H]1C=C(CO)[C@H]2[C@@H](O[C@@H]3O[C@@H](CO)[C@@H](O)[C@@H](O)[C@H]3O)OC=C[C@@H]21)c1ccc(O)cc1. The molecule has 1 aromatic rings. The molecular weight excluding hydrogens is 440 g/mol. The van der Waals surface area contributed by atoms with E-state index in [1.807, 2.05) is 0 Å². The van der Waals surface area contributed by atoms with Gasteiger partial charge in [-0.25, -0.2) is 4.79 Å². The molecule has 11 nitrogen and oxygen atoms in total. The van der Waals surface area contributed by atoms with Crippen molar-refractivity contribution < 1.29 is 54.4 Å². The molecule has 1 saturated heterocycles. The highest BCUT2D eigenvalue weighted by molar-refractivity contribution is 5.89. The van der Waals surface area contributed by atoms with Crippen LogP contribution in [0.2, 0.25) is 0 Å². The molecule has 2 heterocycles. The van der Waals surface area contributed by atoms with Gasteiger partial charge in [-0.1, -0.05) is 0 Å². The van der Waals surface area contributed by atoms with E-state index in [2.05, 4.69) is 0 Å². The third-order valence-electron chi connectivity index (χ3n) is 6.05. The second-order valence-corrected chi connectivity index (χ2v) is 8.09. The molecule has 9 atom stereocenters. The number of ether oxygens (including phenoxy) is 4. The van der Waals surface area contributed by atoms with Crippen LogP contribution < -0.4 is 0 Å². The van der Waals surface area contributed by atoms with Crippen LogP contribution in [-0.2, 0) is 18.9 Å². The highest BCUT2D eigenvalue weighted by Gasteiger charge is 2.50. The van der Waals surface area contributed by atoms with Crippen LogP contribution in [0, 0.1) is 11.8 Å². The van der Waals surface area contributed by atoms with Crippen LogP contribution in [0.3, 0.4) is 0 Å². The molecule has 6 N–H and O–H groups in total. The van der Waals surface area contributed by atoms with E-state index in [-0.39, 0.29) is 17.9 Å². The summed E-state index contributed by atoms with van der Waals surface area (Å²) < 4.78 is 22.3. The number of rotatable bonds is 6. The molecule has 33 heavy (non-hydrogen) atoms. The van der Waals surface area contributed by atoms with Crippen LogP contribution in [0.25, 0.3) is 0 Å². The first-order chi connectivity index (χ1) is 15.8.